The number of halogens is 2. The third-order valence-electron chi connectivity index (χ3n) is 3.89. The standard InChI is InChI=1S/C16H22F2N2O2/c1-11-5-6-14(22-2)13(8-11)19-15(21)10-20-7-3-4-12(9-20)16(17)18/h5-6,8,12,16H,3-4,7,9-10H2,1-2H3,(H,19,21). The topological polar surface area (TPSA) is 41.6 Å². The number of aryl methyl sites for hydroxylation is 1. The Morgan fingerprint density at radius 3 is 2.95 bits per heavy atom. The SMILES string of the molecule is COc1ccc(C)cc1NC(=O)CN1CCCC(C(F)F)C1. The summed E-state index contributed by atoms with van der Waals surface area (Å²) in [5.41, 5.74) is 1.61. The number of carbonyl (C=O) groups excluding carboxylic acids is 1. The summed E-state index contributed by atoms with van der Waals surface area (Å²) in [7, 11) is 1.54. The maximum Gasteiger partial charge on any atom is 0.242 e. The Labute approximate surface area is 129 Å². The van der Waals surface area contributed by atoms with Crippen molar-refractivity contribution in [3.05, 3.63) is 23.8 Å². The van der Waals surface area contributed by atoms with E-state index < -0.39 is 12.3 Å². The maximum atomic E-state index is 12.8. The number of piperidine rings is 1. The van der Waals surface area contributed by atoms with Crippen molar-refractivity contribution in [3.63, 3.8) is 0 Å². The van der Waals surface area contributed by atoms with Gasteiger partial charge in [0, 0.05) is 12.5 Å². The number of nitrogens with zero attached hydrogens (tertiary/aromatic N) is 1. The van der Waals surface area contributed by atoms with Crippen LogP contribution in [0.15, 0.2) is 18.2 Å². The van der Waals surface area contributed by atoms with Gasteiger partial charge in [0.1, 0.15) is 5.75 Å². The van der Waals surface area contributed by atoms with E-state index in [-0.39, 0.29) is 19.0 Å². The predicted octanol–water partition coefficient (Wildman–Crippen LogP) is 2.92. The van der Waals surface area contributed by atoms with Crippen LogP contribution >= 0.6 is 0 Å². The maximum absolute atomic E-state index is 12.8. The van der Waals surface area contributed by atoms with E-state index in [0.717, 1.165) is 5.56 Å². The van der Waals surface area contributed by atoms with Crippen LogP contribution in [0.3, 0.4) is 0 Å². The highest BCUT2D eigenvalue weighted by molar-refractivity contribution is 5.93. The van der Waals surface area contributed by atoms with Gasteiger partial charge in [0.05, 0.1) is 19.3 Å². The first-order valence-corrected chi connectivity index (χ1v) is 7.44. The summed E-state index contributed by atoms with van der Waals surface area (Å²) in [6.45, 7) is 3.00. The summed E-state index contributed by atoms with van der Waals surface area (Å²) in [5, 5.41) is 2.80. The molecule has 1 aliphatic heterocycles. The normalized spacial score (nSPS) is 19.2. The second kappa shape index (κ2) is 7.54. The lowest BCUT2D eigenvalue weighted by Crippen LogP contribution is -2.42. The number of alkyl halides is 2. The molecule has 1 unspecified atom stereocenters. The van der Waals surface area contributed by atoms with Crippen LogP contribution in [0.2, 0.25) is 0 Å². The molecule has 1 fully saturated rings. The van der Waals surface area contributed by atoms with E-state index in [0.29, 0.717) is 30.8 Å². The Kier molecular flexibility index (Phi) is 5.71. The van der Waals surface area contributed by atoms with Gasteiger partial charge in [0.15, 0.2) is 0 Å². The van der Waals surface area contributed by atoms with Gasteiger partial charge in [-0.2, -0.15) is 0 Å². The molecule has 1 aromatic rings. The first kappa shape index (κ1) is 16.7. The zero-order valence-corrected chi connectivity index (χ0v) is 12.9. The Balaban J connectivity index is 1.94. The molecule has 1 heterocycles. The second-order valence-corrected chi connectivity index (χ2v) is 5.72. The minimum atomic E-state index is -2.32. The number of hydrogen-bond donors (Lipinski definition) is 1. The van der Waals surface area contributed by atoms with Crippen molar-refractivity contribution < 1.29 is 18.3 Å². The molecule has 6 heteroatoms. The van der Waals surface area contributed by atoms with Gasteiger partial charge >= 0.3 is 0 Å². The fourth-order valence-corrected chi connectivity index (χ4v) is 2.75. The molecule has 0 radical (unpaired) electrons. The highest BCUT2D eigenvalue weighted by Gasteiger charge is 2.27. The van der Waals surface area contributed by atoms with Crippen molar-refractivity contribution in [1.29, 1.82) is 0 Å². The zero-order valence-electron chi connectivity index (χ0n) is 12.9. The average molecular weight is 312 g/mol. The lowest BCUT2D eigenvalue weighted by atomic mass is 9.99. The molecular formula is C16H22F2N2O2. The molecule has 1 amide bonds. The van der Waals surface area contributed by atoms with Gasteiger partial charge in [-0.05, 0) is 44.0 Å². The number of carbonyl (C=O) groups is 1. The van der Waals surface area contributed by atoms with Gasteiger partial charge in [0.25, 0.3) is 0 Å². The highest BCUT2D eigenvalue weighted by atomic mass is 19.3. The van der Waals surface area contributed by atoms with Crippen molar-refractivity contribution in [3.8, 4) is 5.75 Å². The minimum absolute atomic E-state index is 0.125. The first-order valence-electron chi connectivity index (χ1n) is 7.44. The van der Waals surface area contributed by atoms with Crippen LogP contribution in [0.4, 0.5) is 14.5 Å². The Morgan fingerprint density at radius 1 is 1.50 bits per heavy atom. The smallest absolute Gasteiger partial charge is 0.242 e. The molecule has 4 nitrogen and oxygen atoms in total. The second-order valence-electron chi connectivity index (χ2n) is 5.72. The molecular weight excluding hydrogens is 290 g/mol. The Bertz CT molecular complexity index is 523. The predicted molar refractivity (Wildman–Crippen MR) is 81.5 cm³/mol. The van der Waals surface area contributed by atoms with Gasteiger partial charge in [-0.1, -0.05) is 6.07 Å². The fourth-order valence-electron chi connectivity index (χ4n) is 2.75. The molecule has 1 atom stereocenters. The molecule has 22 heavy (non-hydrogen) atoms. The number of nitrogens with one attached hydrogen (secondary N) is 1. The number of anilines is 1. The van der Waals surface area contributed by atoms with Crippen molar-refractivity contribution in [1.82, 2.24) is 4.90 Å². The average Bonchev–Trinajstić information content (AvgIpc) is 2.47. The molecule has 1 aliphatic rings. The molecule has 2 rings (SSSR count). The van der Waals surface area contributed by atoms with Crippen LogP contribution in [-0.4, -0.2) is 44.0 Å². The molecule has 1 N–H and O–H groups in total. The summed E-state index contributed by atoms with van der Waals surface area (Å²) < 4.78 is 30.8. The molecule has 0 spiro atoms. The van der Waals surface area contributed by atoms with Crippen LogP contribution < -0.4 is 10.1 Å². The minimum Gasteiger partial charge on any atom is -0.495 e. The number of benzene rings is 1. The van der Waals surface area contributed by atoms with Crippen molar-refractivity contribution in [2.45, 2.75) is 26.2 Å². The lowest BCUT2D eigenvalue weighted by molar-refractivity contribution is -0.118. The number of amides is 1. The van der Waals surface area contributed by atoms with E-state index >= 15 is 0 Å². The summed E-state index contributed by atoms with van der Waals surface area (Å²) in [4.78, 5) is 13.9. The van der Waals surface area contributed by atoms with E-state index in [4.69, 9.17) is 4.74 Å². The molecule has 1 aromatic carbocycles. The third-order valence-corrected chi connectivity index (χ3v) is 3.89. The van der Waals surface area contributed by atoms with Gasteiger partial charge < -0.3 is 10.1 Å². The molecule has 0 bridgehead atoms. The van der Waals surface area contributed by atoms with Crippen LogP contribution in [0.25, 0.3) is 0 Å². The van der Waals surface area contributed by atoms with Crippen LogP contribution in [0, 0.1) is 12.8 Å². The lowest BCUT2D eigenvalue weighted by Gasteiger charge is -2.31. The zero-order chi connectivity index (χ0) is 16.1. The molecule has 0 aliphatic carbocycles. The number of likely N-dealkylation sites (tertiary alicyclic amines) is 1. The van der Waals surface area contributed by atoms with E-state index in [2.05, 4.69) is 5.32 Å². The number of hydrogen-bond acceptors (Lipinski definition) is 3. The van der Waals surface area contributed by atoms with Gasteiger partial charge in [-0.3, -0.25) is 9.69 Å². The number of methoxy groups -OCH3 is 1. The molecule has 1 saturated heterocycles. The van der Waals surface area contributed by atoms with E-state index in [1.165, 1.54) is 7.11 Å². The highest BCUT2D eigenvalue weighted by Crippen LogP contribution is 2.26. The first-order chi connectivity index (χ1) is 10.5. The Morgan fingerprint density at radius 2 is 2.27 bits per heavy atom. The summed E-state index contributed by atoms with van der Waals surface area (Å²) >= 11 is 0. The van der Waals surface area contributed by atoms with E-state index in [9.17, 15) is 13.6 Å². The number of ether oxygens (including phenoxy) is 1. The van der Waals surface area contributed by atoms with Crippen LogP contribution in [0.1, 0.15) is 18.4 Å². The summed E-state index contributed by atoms with van der Waals surface area (Å²) in [5.74, 6) is -0.253. The summed E-state index contributed by atoms with van der Waals surface area (Å²) in [6.07, 6.45) is -1.08. The quantitative estimate of drug-likeness (QED) is 0.909. The van der Waals surface area contributed by atoms with E-state index in [1.54, 1.807) is 11.0 Å². The van der Waals surface area contributed by atoms with Crippen molar-refractivity contribution >= 4 is 11.6 Å². The Hall–Kier alpha value is -1.69. The van der Waals surface area contributed by atoms with Gasteiger partial charge in [0.2, 0.25) is 12.3 Å². The van der Waals surface area contributed by atoms with Gasteiger partial charge in [-0.15, -0.1) is 0 Å². The largest absolute Gasteiger partial charge is 0.495 e. The molecule has 0 saturated carbocycles. The van der Waals surface area contributed by atoms with E-state index in [1.807, 2.05) is 19.1 Å². The van der Waals surface area contributed by atoms with Crippen LogP contribution in [-0.2, 0) is 4.79 Å². The third kappa shape index (κ3) is 4.40. The molecule has 0 aromatic heterocycles. The van der Waals surface area contributed by atoms with Crippen LogP contribution in [0.5, 0.6) is 5.75 Å². The van der Waals surface area contributed by atoms with Crippen molar-refractivity contribution in [2.24, 2.45) is 5.92 Å². The van der Waals surface area contributed by atoms with Gasteiger partial charge in [-0.25, -0.2) is 8.78 Å². The van der Waals surface area contributed by atoms with Crippen molar-refractivity contribution in [2.75, 3.05) is 32.1 Å². The molecule has 122 valence electrons. The number of rotatable bonds is 5. The summed E-state index contributed by atoms with van der Waals surface area (Å²) in [6, 6.07) is 5.51. The monoisotopic (exact) mass is 312 g/mol. The fraction of sp³-hybridized carbons (Fsp3) is 0.562.